The summed E-state index contributed by atoms with van der Waals surface area (Å²) in [5.41, 5.74) is 3.45. The van der Waals surface area contributed by atoms with Gasteiger partial charge in [0.2, 0.25) is 5.91 Å². The van der Waals surface area contributed by atoms with Crippen LogP contribution in [0, 0.1) is 0 Å². The van der Waals surface area contributed by atoms with E-state index in [-0.39, 0.29) is 11.7 Å². The Morgan fingerprint density at radius 2 is 1.57 bits per heavy atom. The third kappa shape index (κ3) is 5.11. The normalized spacial score (nSPS) is 10.5. The van der Waals surface area contributed by atoms with Gasteiger partial charge in [0.15, 0.2) is 5.78 Å². The second kappa shape index (κ2) is 7.94. The first-order chi connectivity index (χ1) is 11.1. The largest absolute Gasteiger partial charge is 0.362 e. The Hall–Kier alpha value is -2.88. The number of benzene rings is 2. The number of nitrogens with one attached hydrogen (secondary N) is 2. The molecule has 4 heteroatoms. The highest BCUT2D eigenvalue weighted by molar-refractivity contribution is 6.04. The molecular weight excluding hydrogens is 288 g/mol. The van der Waals surface area contributed by atoms with Crippen molar-refractivity contribution in [3.05, 3.63) is 71.9 Å². The van der Waals surface area contributed by atoms with E-state index in [0.717, 1.165) is 17.8 Å². The van der Waals surface area contributed by atoms with Crippen LogP contribution in [0.2, 0.25) is 0 Å². The Balaban J connectivity index is 1.92. The van der Waals surface area contributed by atoms with Gasteiger partial charge >= 0.3 is 0 Å². The SMILES string of the molecule is CCc1ccc(C(=O)C=CNc2ccc(NC(C)=O)cc2)cc1. The summed E-state index contributed by atoms with van der Waals surface area (Å²) in [5.74, 6) is -0.152. The first-order valence-electron chi connectivity index (χ1n) is 7.52. The molecule has 0 aromatic heterocycles. The molecule has 2 rings (SSSR count). The van der Waals surface area contributed by atoms with E-state index >= 15 is 0 Å². The molecule has 0 spiro atoms. The number of aryl methyl sites for hydroxylation is 1. The zero-order chi connectivity index (χ0) is 16.7. The predicted molar refractivity (Wildman–Crippen MR) is 93.7 cm³/mol. The average Bonchev–Trinajstić information content (AvgIpc) is 2.56. The maximum absolute atomic E-state index is 12.0. The summed E-state index contributed by atoms with van der Waals surface area (Å²) in [6, 6.07) is 14.9. The van der Waals surface area contributed by atoms with E-state index in [2.05, 4.69) is 17.6 Å². The lowest BCUT2D eigenvalue weighted by atomic mass is 10.1. The second-order valence-electron chi connectivity index (χ2n) is 5.15. The highest BCUT2D eigenvalue weighted by Gasteiger charge is 2.01. The summed E-state index contributed by atoms with van der Waals surface area (Å²) in [4.78, 5) is 23.0. The van der Waals surface area contributed by atoms with Crippen molar-refractivity contribution in [1.82, 2.24) is 0 Å². The lowest BCUT2D eigenvalue weighted by Gasteiger charge is -2.04. The van der Waals surface area contributed by atoms with Gasteiger partial charge < -0.3 is 10.6 Å². The van der Waals surface area contributed by atoms with Gasteiger partial charge in [-0.1, -0.05) is 31.2 Å². The van der Waals surface area contributed by atoms with Crippen LogP contribution in [0.1, 0.15) is 29.8 Å². The fraction of sp³-hybridized carbons (Fsp3) is 0.158. The fourth-order valence-electron chi connectivity index (χ4n) is 2.07. The number of carbonyl (C=O) groups is 2. The maximum atomic E-state index is 12.0. The quantitative estimate of drug-likeness (QED) is 0.626. The monoisotopic (exact) mass is 308 g/mol. The standard InChI is InChI=1S/C19H20N2O2/c1-3-15-4-6-16(7-5-15)19(23)12-13-20-17-8-10-18(11-9-17)21-14(2)22/h4-13,20H,3H2,1-2H3,(H,21,22). The molecule has 2 N–H and O–H groups in total. The third-order valence-corrected chi connectivity index (χ3v) is 3.34. The van der Waals surface area contributed by atoms with Crippen molar-refractivity contribution in [2.24, 2.45) is 0 Å². The number of allylic oxidation sites excluding steroid dienone is 1. The smallest absolute Gasteiger partial charge is 0.221 e. The lowest BCUT2D eigenvalue weighted by Crippen LogP contribution is -2.05. The molecule has 0 atom stereocenters. The highest BCUT2D eigenvalue weighted by Crippen LogP contribution is 2.13. The number of ketones is 1. The first-order valence-corrected chi connectivity index (χ1v) is 7.52. The fourth-order valence-corrected chi connectivity index (χ4v) is 2.07. The molecule has 0 fully saturated rings. The molecule has 0 heterocycles. The van der Waals surface area contributed by atoms with Gasteiger partial charge in [-0.05, 0) is 36.2 Å². The summed E-state index contributed by atoms with van der Waals surface area (Å²) < 4.78 is 0. The van der Waals surface area contributed by atoms with Crippen molar-refractivity contribution in [1.29, 1.82) is 0 Å². The molecule has 0 saturated heterocycles. The molecule has 0 unspecified atom stereocenters. The number of rotatable bonds is 6. The van der Waals surface area contributed by atoms with Gasteiger partial charge in [-0.3, -0.25) is 9.59 Å². The van der Waals surface area contributed by atoms with Crippen LogP contribution in [-0.2, 0) is 11.2 Å². The van der Waals surface area contributed by atoms with Crippen molar-refractivity contribution in [3.8, 4) is 0 Å². The van der Waals surface area contributed by atoms with Gasteiger partial charge in [0, 0.05) is 36.1 Å². The zero-order valence-electron chi connectivity index (χ0n) is 13.3. The summed E-state index contributed by atoms with van der Waals surface area (Å²) in [6.45, 7) is 3.55. The summed E-state index contributed by atoms with van der Waals surface area (Å²) in [7, 11) is 0. The van der Waals surface area contributed by atoms with E-state index in [1.807, 2.05) is 36.4 Å². The Morgan fingerprint density at radius 1 is 0.957 bits per heavy atom. The predicted octanol–water partition coefficient (Wildman–Crippen LogP) is 4.02. The minimum Gasteiger partial charge on any atom is -0.362 e. The van der Waals surface area contributed by atoms with Gasteiger partial charge in [-0.25, -0.2) is 0 Å². The minimum absolute atomic E-state index is 0.0463. The van der Waals surface area contributed by atoms with E-state index in [1.54, 1.807) is 18.3 Å². The zero-order valence-corrected chi connectivity index (χ0v) is 13.3. The van der Waals surface area contributed by atoms with Crippen molar-refractivity contribution in [2.45, 2.75) is 20.3 Å². The van der Waals surface area contributed by atoms with E-state index < -0.39 is 0 Å². The molecule has 0 bridgehead atoms. The van der Waals surface area contributed by atoms with E-state index in [1.165, 1.54) is 18.6 Å². The van der Waals surface area contributed by atoms with Crippen LogP contribution in [0.4, 0.5) is 11.4 Å². The average molecular weight is 308 g/mol. The Labute approximate surface area is 136 Å². The van der Waals surface area contributed by atoms with Gasteiger partial charge in [0.1, 0.15) is 0 Å². The maximum Gasteiger partial charge on any atom is 0.221 e. The summed E-state index contributed by atoms with van der Waals surface area (Å²) in [6.07, 6.45) is 4.08. The molecule has 0 aliphatic heterocycles. The van der Waals surface area contributed by atoms with E-state index in [0.29, 0.717) is 5.56 Å². The van der Waals surface area contributed by atoms with Crippen molar-refractivity contribution < 1.29 is 9.59 Å². The molecular formula is C19H20N2O2. The Kier molecular flexibility index (Phi) is 5.69. The minimum atomic E-state index is -0.106. The van der Waals surface area contributed by atoms with Gasteiger partial charge in [0.25, 0.3) is 0 Å². The van der Waals surface area contributed by atoms with Gasteiger partial charge in [0.05, 0.1) is 0 Å². The van der Waals surface area contributed by atoms with Crippen molar-refractivity contribution in [3.63, 3.8) is 0 Å². The van der Waals surface area contributed by atoms with E-state index in [9.17, 15) is 9.59 Å². The molecule has 2 aromatic rings. The van der Waals surface area contributed by atoms with Crippen LogP contribution in [0.5, 0.6) is 0 Å². The first kappa shape index (κ1) is 16.5. The number of anilines is 2. The number of hydrogen-bond acceptors (Lipinski definition) is 3. The lowest BCUT2D eigenvalue weighted by molar-refractivity contribution is -0.114. The van der Waals surface area contributed by atoms with Crippen LogP contribution < -0.4 is 10.6 Å². The molecule has 2 aromatic carbocycles. The molecule has 0 saturated carbocycles. The molecule has 0 aliphatic rings. The molecule has 4 nitrogen and oxygen atoms in total. The Morgan fingerprint density at radius 3 is 2.13 bits per heavy atom. The summed E-state index contributed by atoms with van der Waals surface area (Å²) >= 11 is 0. The van der Waals surface area contributed by atoms with Crippen LogP contribution in [0.25, 0.3) is 0 Å². The highest BCUT2D eigenvalue weighted by atomic mass is 16.1. The third-order valence-electron chi connectivity index (χ3n) is 3.34. The Bertz CT molecular complexity index is 701. The van der Waals surface area contributed by atoms with Crippen LogP contribution in [0.15, 0.2) is 60.8 Å². The van der Waals surface area contributed by atoms with Gasteiger partial charge in [-0.2, -0.15) is 0 Å². The van der Waals surface area contributed by atoms with Crippen molar-refractivity contribution in [2.75, 3.05) is 10.6 Å². The van der Waals surface area contributed by atoms with Crippen LogP contribution >= 0.6 is 0 Å². The van der Waals surface area contributed by atoms with Crippen LogP contribution in [-0.4, -0.2) is 11.7 Å². The number of amides is 1. The molecule has 0 aliphatic carbocycles. The van der Waals surface area contributed by atoms with Crippen LogP contribution in [0.3, 0.4) is 0 Å². The van der Waals surface area contributed by atoms with Crippen molar-refractivity contribution >= 4 is 23.1 Å². The van der Waals surface area contributed by atoms with E-state index in [4.69, 9.17) is 0 Å². The molecule has 118 valence electrons. The van der Waals surface area contributed by atoms with Gasteiger partial charge in [-0.15, -0.1) is 0 Å². The molecule has 1 amide bonds. The topological polar surface area (TPSA) is 58.2 Å². The number of hydrogen-bond donors (Lipinski definition) is 2. The second-order valence-corrected chi connectivity index (χ2v) is 5.15. The molecule has 0 radical (unpaired) electrons. The molecule has 23 heavy (non-hydrogen) atoms. The number of carbonyl (C=O) groups excluding carboxylic acids is 2. The summed E-state index contributed by atoms with van der Waals surface area (Å²) in [5, 5.41) is 5.73.